The van der Waals surface area contributed by atoms with Crippen molar-refractivity contribution in [2.75, 3.05) is 5.32 Å². The molecule has 24 heavy (non-hydrogen) atoms. The number of anilines is 1. The number of hydrogen-bond donors (Lipinski definition) is 2. The van der Waals surface area contributed by atoms with Crippen LogP contribution in [0.25, 0.3) is 17.0 Å². The lowest BCUT2D eigenvalue weighted by atomic mass is 10.1. The minimum atomic E-state index is -0.284. The lowest BCUT2D eigenvalue weighted by Crippen LogP contribution is -2.11. The number of pyridine rings is 1. The highest BCUT2D eigenvalue weighted by atomic mass is 79.9. The number of rotatable bonds is 3. The van der Waals surface area contributed by atoms with Crippen molar-refractivity contribution in [3.05, 3.63) is 80.6 Å². The summed E-state index contributed by atoms with van der Waals surface area (Å²) in [6, 6.07) is 14.9. The van der Waals surface area contributed by atoms with Gasteiger partial charge in [-0.1, -0.05) is 34.1 Å². The molecule has 2 N–H and O–H groups in total. The fourth-order valence-electron chi connectivity index (χ4n) is 2.40. The van der Waals surface area contributed by atoms with Gasteiger partial charge in [0.05, 0.1) is 0 Å². The molecule has 0 aliphatic rings. The van der Waals surface area contributed by atoms with Crippen LogP contribution in [-0.2, 0) is 4.79 Å². The summed E-state index contributed by atoms with van der Waals surface area (Å²) >= 11 is 3.39. The van der Waals surface area contributed by atoms with Crippen LogP contribution in [0.4, 0.5) is 5.69 Å². The maximum Gasteiger partial charge on any atom is 0.255 e. The molecular weight excluding hydrogens is 368 g/mol. The van der Waals surface area contributed by atoms with Crippen LogP contribution in [0.3, 0.4) is 0 Å². The van der Waals surface area contributed by atoms with E-state index in [-0.39, 0.29) is 11.5 Å². The topological polar surface area (TPSA) is 62.0 Å². The van der Waals surface area contributed by atoms with E-state index in [0.29, 0.717) is 5.56 Å². The van der Waals surface area contributed by atoms with E-state index in [1.807, 2.05) is 49.4 Å². The van der Waals surface area contributed by atoms with Gasteiger partial charge in [-0.3, -0.25) is 9.59 Å². The molecule has 0 bridgehead atoms. The number of amides is 1. The van der Waals surface area contributed by atoms with Gasteiger partial charge in [0.1, 0.15) is 0 Å². The Morgan fingerprint density at radius 1 is 1.17 bits per heavy atom. The van der Waals surface area contributed by atoms with Gasteiger partial charge in [-0.2, -0.15) is 0 Å². The zero-order valence-electron chi connectivity index (χ0n) is 13.0. The van der Waals surface area contributed by atoms with Crippen molar-refractivity contribution in [1.29, 1.82) is 0 Å². The molecule has 0 saturated carbocycles. The number of benzene rings is 2. The highest BCUT2D eigenvalue weighted by Gasteiger charge is 2.04. The van der Waals surface area contributed by atoms with Crippen LogP contribution in [-0.4, -0.2) is 10.9 Å². The molecule has 0 radical (unpaired) electrons. The molecule has 1 amide bonds. The molecule has 3 aromatic rings. The summed E-state index contributed by atoms with van der Waals surface area (Å²) in [5.41, 5.74) is 2.68. The van der Waals surface area contributed by atoms with Gasteiger partial charge in [0.2, 0.25) is 5.91 Å². The van der Waals surface area contributed by atoms with Crippen LogP contribution in [0.1, 0.15) is 11.1 Å². The number of halogens is 1. The molecule has 4 nitrogen and oxygen atoms in total. The van der Waals surface area contributed by atoms with Crippen molar-refractivity contribution in [3.63, 3.8) is 0 Å². The monoisotopic (exact) mass is 382 g/mol. The second-order valence-electron chi connectivity index (χ2n) is 5.42. The number of para-hydroxylation sites is 1. The van der Waals surface area contributed by atoms with Gasteiger partial charge in [0.25, 0.3) is 5.56 Å². The number of H-pyrrole nitrogens is 1. The van der Waals surface area contributed by atoms with Crippen molar-refractivity contribution in [3.8, 4) is 0 Å². The van der Waals surface area contributed by atoms with Crippen LogP contribution >= 0.6 is 15.9 Å². The number of aromatic nitrogens is 1. The highest BCUT2D eigenvalue weighted by Crippen LogP contribution is 2.20. The Morgan fingerprint density at radius 2 is 1.96 bits per heavy atom. The molecular formula is C19H15BrN2O2. The molecule has 5 heteroatoms. The van der Waals surface area contributed by atoms with Gasteiger partial charge in [0.15, 0.2) is 0 Å². The van der Waals surface area contributed by atoms with Crippen LogP contribution in [0.15, 0.2) is 63.9 Å². The first kappa shape index (κ1) is 16.2. The fraction of sp³-hybridized carbons (Fsp3) is 0.0526. The fourth-order valence-corrected chi connectivity index (χ4v) is 2.87. The van der Waals surface area contributed by atoms with E-state index in [0.717, 1.165) is 26.6 Å². The van der Waals surface area contributed by atoms with Crippen LogP contribution < -0.4 is 10.9 Å². The lowest BCUT2D eigenvalue weighted by Gasteiger charge is -2.06. The molecule has 3 rings (SSSR count). The third-order valence-corrected chi connectivity index (χ3v) is 4.14. The molecule has 0 spiro atoms. The predicted octanol–water partition coefficient (Wildman–Crippen LogP) is 4.25. The van der Waals surface area contributed by atoms with E-state index < -0.39 is 0 Å². The van der Waals surface area contributed by atoms with Gasteiger partial charge in [-0.05, 0) is 54.3 Å². The van der Waals surface area contributed by atoms with Crippen LogP contribution in [0.5, 0.6) is 0 Å². The molecule has 0 saturated heterocycles. The Balaban J connectivity index is 1.81. The number of hydrogen-bond acceptors (Lipinski definition) is 2. The van der Waals surface area contributed by atoms with Crippen molar-refractivity contribution in [1.82, 2.24) is 4.98 Å². The Hall–Kier alpha value is -2.66. The largest absolute Gasteiger partial charge is 0.322 e. The molecule has 0 aliphatic carbocycles. The van der Waals surface area contributed by atoms with Crippen LogP contribution in [0.2, 0.25) is 0 Å². The standard InChI is InChI=1S/C19H15BrN2O2/c1-12-10-15(20)7-8-16(12)21-18(23)9-6-14-11-13-4-2-3-5-17(13)22-19(14)24/h2-11H,1H3,(H,21,23)(H,22,24)/b9-6+. The Morgan fingerprint density at radius 3 is 2.75 bits per heavy atom. The number of fused-ring (bicyclic) bond motifs is 1. The van der Waals surface area contributed by atoms with E-state index >= 15 is 0 Å². The predicted molar refractivity (Wildman–Crippen MR) is 101 cm³/mol. The molecule has 0 atom stereocenters. The van der Waals surface area contributed by atoms with Gasteiger partial charge in [-0.25, -0.2) is 0 Å². The summed E-state index contributed by atoms with van der Waals surface area (Å²) in [5, 5.41) is 3.72. The maximum absolute atomic E-state index is 12.1. The Bertz CT molecular complexity index is 1010. The second kappa shape index (κ2) is 6.84. The first-order valence-corrected chi connectivity index (χ1v) is 8.19. The summed E-state index contributed by atoms with van der Waals surface area (Å²) in [7, 11) is 0. The first-order chi connectivity index (χ1) is 11.5. The van der Waals surface area contributed by atoms with E-state index in [1.165, 1.54) is 12.2 Å². The zero-order valence-corrected chi connectivity index (χ0v) is 14.6. The van der Waals surface area contributed by atoms with Gasteiger partial charge < -0.3 is 10.3 Å². The second-order valence-corrected chi connectivity index (χ2v) is 6.34. The molecule has 120 valence electrons. The molecule has 0 unspecified atom stereocenters. The minimum Gasteiger partial charge on any atom is -0.322 e. The molecule has 2 aromatic carbocycles. The lowest BCUT2D eigenvalue weighted by molar-refractivity contribution is -0.111. The normalized spacial score (nSPS) is 11.1. The number of aryl methyl sites for hydroxylation is 1. The van der Waals surface area contributed by atoms with Crippen molar-refractivity contribution < 1.29 is 4.79 Å². The molecule has 1 heterocycles. The Kier molecular flexibility index (Phi) is 4.62. The number of carbonyl (C=O) groups excluding carboxylic acids is 1. The van der Waals surface area contributed by atoms with E-state index in [1.54, 1.807) is 6.07 Å². The summed E-state index contributed by atoms with van der Waals surface area (Å²) in [5.74, 6) is -0.284. The minimum absolute atomic E-state index is 0.224. The smallest absolute Gasteiger partial charge is 0.255 e. The van der Waals surface area contributed by atoms with E-state index in [2.05, 4.69) is 26.2 Å². The van der Waals surface area contributed by atoms with Crippen molar-refractivity contribution >= 4 is 44.5 Å². The number of aromatic amines is 1. The summed E-state index contributed by atoms with van der Waals surface area (Å²) in [6.07, 6.45) is 2.88. The summed E-state index contributed by atoms with van der Waals surface area (Å²) in [4.78, 5) is 26.9. The zero-order chi connectivity index (χ0) is 17.1. The van der Waals surface area contributed by atoms with Crippen molar-refractivity contribution in [2.24, 2.45) is 0 Å². The quantitative estimate of drug-likeness (QED) is 0.665. The van der Waals surface area contributed by atoms with Gasteiger partial charge >= 0.3 is 0 Å². The average molecular weight is 383 g/mol. The SMILES string of the molecule is Cc1cc(Br)ccc1NC(=O)/C=C/c1cc2ccccc2[nH]c1=O. The average Bonchev–Trinajstić information content (AvgIpc) is 2.55. The summed E-state index contributed by atoms with van der Waals surface area (Å²) in [6.45, 7) is 1.91. The summed E-state index contributed by atoms with van der Waals surface area (Å²) < 4.78 is 0.955. The maximum atomic E-state index is 12.1. The van der Waals surface area contributed by atoms with Crippen LogP contribution in [0, 0.1) is 6.92 Å². The van der Waals surface area contributed by atoms with Gasteiger partial charge in [0, 0.05) is 27.3 Å². The van der Waals surface area contributed by atoms with E-state index in [9.17, 15) is 9.59 Å². The van der Waals surface area contributed by atoms with Crippen molar-refractivity contribution in [2.45, 2.75) is 6.92 Å². The first-order valence-electron chi connectivity index (χ1n) is 7.40. The van der Waals surface area contributed by atoms with Gasteiger partial charge in [-0.15, -0.1) is 0 Å². The number of nitrogens with one attached hydrogen (secondary N) is 2. The number of carbonyl (C=O) groups is 1. The van der Waals surface area contributed by atoms with E-state index in [4.69, 9.17) is 0 Å². The third-order valence-electron chi connectivity index (χ3n) is 3.64. The molecule has 1 aromatic heterocycles. The Labute approximate surface area is 147 Å². The third kappa shape index (κ3) is 3.63. The highest BCUT2D eigenvalue weighted by molar-refractivity contribution is 9.10. The molecule has 0 aliphatic heterocycles. The molecule has 0 fully saturated rings.